The lowest BCUT2D eigenvalue weighted by Gasteiger charge is -2.22. The molecule has 0 bridgehead atoms. The molecule has 2 amide bonds. The number of anilines is 1. The van der Waals surface area contributed by atoms with Gasteiger partial charge in [-0.1, -0.05) is 6.07 Å². The summed E-state index contributed by atoms with van der Waals surface area (Å²) in [5.41, 5.74) is 4.91. The van der Waals surface area contributed by atoms with E-state index >= 15 is 0 Å². The first kappa shape index (κ1) is 15.0. The maximum atomic E-state index is 12.0. The summed E-state index contributed by atoms with van der Waals surface area (Å²) in [6, 6.07) is 6.77. The van der Waals surface area contributed by atoms with Gasteiger partial charge in [0.2, 0.25) is 5.91 Å². The Morgan fingerprint density at radius 2 is 2.05 bits per heavy atom. The number of likely N-dealkylation sites (N-methyl/N-ethyl adjacent to an activating group) is 1. The molecule has 0 aliphatic rings. The van der Waals surface area contributed by atoms with Crippen molar-refractivity contribution in [3.63, 3.8) is 0 Å². The second-order valence-corrected chi connectivity index (χ2v) is 4.61. The van der Waals surface area contributed by atoms with E-state index in [2.05, 4.69) is 10.6 Å². The number of primary amides is 1. The number of nitrogens with one attached hydrogen (secondary N) is 2. The van der Waals surface area contributed by atoms with Crippen LogP contribution in [0.2, 0.25) is 0 Å². The summed E-state index contributed by atoms with van der Waals surface area (Å²) >= 11 is 0. The highest BCUT2D eigenvalue weighted by atomic mass is 16.5. The van der Waals surface area contributed by atoms with E-state index in [0.29, 0.717) is 11.4 Å². The summed E-state index contributed by atoms with van der Waals surface area (Å²) in [7, 11) is 1.71. The van der Waals surface area contributed by atoms with Crippen LogP contribution in [0.5, 0.6) is 5.75 Å². The summed E-state index contributed by atoms with van der Waals surface area (Å²) < 4.78 is 5.16. The van der Waals surface area contributed by atoms with Crippen molar-refractivity contribution in [1.82, 2.24) is 5.32 Å². The van der Waals surface area contributed by atoms with Crippen LogP contribution >= 0.6 is 0 Å². The summed E-state index contributed by atoms with van der Waals surface area (Å²) in [6.07, 6.45) is 0. The fraction of sp³-hybridized carbons (Fsp3) is 0.385. The van der Waals surface area contributed by atoms with Crippen LogP contribution in [-0.4, -0.2) is 31.0 Å². The van der Waals surface area contributed by atoms with Crippen LogP contribution in [0.4, 0.5) is 5.69 Å². The second-order valence-electron chi connectivity index (χ2n) is 4.61. The minimum atomic E-state index is -0.677. The summed E-state index contributed by atoms with van der Waals surface area (Å²) in [5.74, 6) is -0.244. The molecule has 0 saturated carbocycles. The first-order valence-corrected chi connectivity index (χ1v) is 5.86. The summed E-state index contributed by atoms with van der Waals surface area (Å²) in [5, 5.41) is 5.68. The highest BCUT2D eigenvalue weighted by molar-refractivity contribution is 5.97. The molecule has 0 atom stereocenters. The number of carbonyl (C=O) groups is 2. The second kappa shape index (κ2) is 6.19. The molecule has 0 fully saturated rings. The molecule has 104 valence electrons. The number of nitrogens with two attached hydrogens (primary N) is 1. The van der Waals surface area contributed by atoms with E-state index in [1.807, 2.05) is 0 Å². The monoisotopic (exact) mass is 265 g/mol. The van der Waals surface area contributed by atoms with Crippen molar-refractivity contribution in [2.45, 2.75) is 19.4 Å². The number of amides is 2. The lowest BCUT2D eigenvalue weighted by molar-refractivity contribution is -0.121. The number of hydrogen-bond donors (Lipinski definition) is 3. The number of hydrogen-bond acceptors (Lipinski definition) is 4. The molecule has 6 heteroatoms. The van der Waals surface area contributed by atoms with E-state index in [0.717, 1.165) is 0 Å². The SMILES string of the molecule is CNC(C)(C)C(=O)Nc1cccc(OCC(N)=O)c1. The van der Waals surface area contributed by atoms with E-state index in [-0.39, 0.29) is 12.5 Å². The van der Waals surface area contributed by atoms with E-state index in [4.69, 9.17) is 10.5 Å². The lowest BCUT2D eigenvalue weighted by atomic mass is 10.1. The molecule has 0 heterocycles. The third-order valence-corrected chi connectivity index (χ3v) is 2.67. The molecule has 0 aliphatic heterocycles. The van der Waals surface area contributed by atoms with Crippen molar-refractivity contribution in [3.05, 3.63) is 24.3 Å². The van der Waals surface area contributed by atoms with Crippen LogP contribution in [-0.2, 0) is 9.59 Å². The van der Waals surface area contributed by atoms with Gasteiger partial charge in [0.25, 0.3) is 5.91 Å². The Morgan fingerprint density at radius 1 is 1.37 bits per heavy atom. The van der Waals surface area contributed by atoms with Crippen molar-refractivity contribution in [3.8, 4) is 5.75 Å². The first-order valence-electron chi connectivity index (χ1n) is 5.86. The van der Waals surface area contributed by atoms with Gasteiger partial charge >= 0.3 is 0 Å². The van der Waals surface area contributed by atoms with E-state index in [1.165, 1.54) is 0 Å². The van der Waals surface area contributed by atoms with Gasteiger partial charge in [0.15, 0.2) is 6.61 Å². The third kappa shape index (κ3) is 4.59. The maximum Gasteiger partial charge on any atom is 0.255 e. The molecule has 0 aliphatic carbocycles. The quantitative estimate of drug-likeness (QED) is 0.697. The van der Waals surface area contributed by atoms with Crippen LogP contribution in [0.25, 0.3) is 0 Å². The van der Waals surface area contributed by atoms with E-state index in [9.17, 15) is 9.59 Å². The van der Waals surface area contributed by atoms with Crippen LogP contribution in [0.3, 0.4) is 0 Å². The predicted molar refractivity (Wildman–Crippen MR) is 72.9 cm³/mol. The van der Waals surface area contributed by atoms with Crippen molar-refractivity contribution < 1.29 is 14.3 Å². The van der Waals surface area contributed by atoms with Gasteiger partial charge in [0.05, 0.1) is 5.54 Å². The molecular formula is C13H19N3O3. The van der Waals surface area contributed by atoms with Gasteiger partial charge in [-0.05, 0) is 33.0 Å². The molecular weight excluding hydrogens is 246 g/mol. The molecule has 0 aromatic heterocycles. The van der Waals surface area contributed by atoms with Crippen LogP contribution in [0.1, 0.15) is 13.8 Å². The minimum absolute atomic E-state index is 0.165. The molecule has 0 spiro atoms. The zero-order valence-electron chi connectivity index (χ0n) is 11.3. The Balaban J connectivity index is 2.72. The largest absolute Gasteiger partial charge is 0.484 e. The zero-order chi connectivity index (χ0) is 14.5. The van der Waals surface area contributed by atoms with Gasteiger partial charge in [-0.3, -0.25) is 9.59 Å². The summed E-state index contributed by atoms with van der Waals surface area (Å²) in [4.78, 5) is 22.6. The fourth-order valence-electron chi connectivity index (χ4n) is 1.22. The Kier molecular flexibility index (Phi) is 4.88. The Morgan fingerprint density at radius 3 is 2.63 bits per heavy atom. The standard InChI is InChI=1S/C13H19N3O3/c1-13(2,15-3)12(18)16-9-5-4-6-10(7-9)19-8-11(14)17/h4-7,15H,8H2,1-3H3,(H2,14,17)(H,16,18). The molecule has 19 heavy (non-hydrogen) atoms. The van der Waals surface area contributed by atoms with Gasteiger partial charge in [0, 0.05) is 11.8 Å². The lowest BCUT2D eigenvalue weighted by Crippen LogP contribution is -2.47. The maximum absolute atomic E-state index is 12.0. The normalized spacial score (nSPS) is 10.9. The predicted octanol–water partition coefficient (Wildman–Crippen LogP) is 0.487. The third-order valence-electron chi connectivity index (χ3n) is 2.67. The van der Waals surface area contributed by atoms with Crippen LogP contribution < -0.4 is 21.1 Å². The number of benzene rings is 1. The smallest absolute Gasteiger partial charge is 0.255 e. The minimum Gasteiger partial charge on any atom is -0.484 e. The molecule has 0 radical (unpaired) electrons. The molecule has 1 aromatic carbocycles. The highest BCUT2D eigenvalue weighted by Gasteiger charge is 2.25. The van der Waals surface area contributed by atoms with E-state index < -0.39 is 11.4 Å². The van der Waals surface area contributed by atoms with Gasteiger partial charge < -0.3 is 21.1 Å². The van der Waals surface area contributed by atoms with Gasteiger partial charge in [-0.25, -0.2) is 0 Å². The van der Waals surface area contributed by atoms with E-state index in [1.54, 1.807) is 45.2 Å². The van der Waals surface area contributed by atoms with Gasteiger partial charge in [0.1, 0.15) is 5.75 Å². The molecule has 0 saturated heterocycles. The Hall–Kier alpha value is -2.08. The number of rotatable bonds is 6. The fourth-order valence-corrected chi connectivity index (χ4v) is 1.22. The molecule has 1 aromatic rings. The van der Waals surface area contributed by atoms with Crippen molar-refractivity contribution in [1.29, 1.82) is 0 Å². The highest BCUT2D eigenvalue weighted by Crippen LogP contribution is 2.18. The number of carbonyl (C=O) groups excluding carboxylic acids is 2. The average Bonchev–Trinajstić information content (AvgIpc) is 2.36. The molecule has 1 rings (SSSR count). The molecule has 6 nitrogen and oxygen atoms in total. The van der Waals surface area contributed by atoms with Gasteiger partial charge in [-0.15, -0.1) is 0 Å². The van der Waals surface area contributed by atoms with Crippen molar-refractivity contribution in [2.24, 2.45) is 5.73 Å². The summed E-state index contributed by atoms with van der Waals surface area (Å²) in [6.45, 7) is 3.35. The Bertz CT molecular complexity index is 472. The topological polar surface area (TPSA) is 93.4 Å². The van der Waals surface area contributed by atoms with Gasteiger partial charge in [-0.2, -0.15) is 0 Å². The molecule has 0 unspecified atom stereocenters. The number of ether oxygens (including phenoxy) is 1. The molecule has 4 N–H and O–H groups in total. The average molecular weight is 265 g/mol. The van der Waals surface area contributed by atoms with Crippen LogP contribution in [0, 0.1) is 0 Å². The van der Waals surface area contributed by atoms with Crippen LogP contribution in [0.15, 0.2) is 24.3 Å². The van der Waals surface area contributed by atoms with Crippen molar-refractivity contribution >= 4 is 17.5 Å². The first-order chi connectivity index (χ1) is 8.85. The Labute approximate surface area is 112 Å². The van der Waals surface area contributed by atoms with Crippen molar-refractivity contribution in [2.75, 3.05) is 19.0 Å². The zero-order valence-corrected chi connectivity index (χ0v) is 11.3.